The molecule has 0 spiro atoms. The second-order valence-electron chi connectivity index (χ2n) is 13.3. The van der Waals surface area contributed by atoms with Crippen molar-refractivity contribution < 1.29 is 0 Å². The fraction of sp³-hybridized carbons (Fsp3) is 0. The predicted octanol–water partition coefficient (Wildman–Crippen LogP) is 12.1. The zero-order chi connectivity index (χ0) is 37.4. The standard InChI is InChI=1S/C49H29N7/c1-50-39-30-40-46(53-44(32-20-8-3-9-21-32)43(52-40)31-18-6-2-7-19-31)42-41(39)37-28-16-17-29-38(37)51-45(42)35-26-14-15-27-36(35)49-55-47(33-22-10-4-11-23-33)54-48(56-49)34-24-12-5-13-25-34/h2-30H. The van der Waals surface area contributed by atoms with Crippen molar-refractivity contribution in [1.29, 1.82) is 0 Å². The molecular formula is C49H29N7. The molecule has 0 aliphatic rings. The van der Waals surface area contributed by atoms with Gasteiger partial charge >= 0.3 is 0 Å². The van der Waals surface area contributed by atoms with Crippen molar-refractivity contribution in [3.63, 3.8) is 0 Å². The first-order chi connectivity index (χ1) is 27.7. The van der Waals surface area contributed by atoms with Gasteiger partial charge in [-0.1, -0.05) is 164 Å². The number of nitrogens with zero attached hydrogens (tertiary/aromatic N) is 7. The molecular weight excluding hydrogens is 687 g/mol. The second-order valence-corrected chi connectivity index (χ2v) is 13.3. The van der Waals surface area contributed by atoms with Gasteiger partial charge in [0.05, 0.1) is 40.2 Å². The summed E-state index contributed by atoms with van der Waals surface area (Å²) >= 11 is 0. The number of aromatic nitrogens is 6. The van der Waals surface area contributed by atoms with Crippen molar-refractivity contribution in [2.24, 2.45) is 0 Å². The first kappa shape index (κ1) is 32.7. The molecule has 0 N–H and O–H groups in total. The predicted molar refractivity (Wildman–Crippen MR) is 225 cm³/mol. The SMILES string of the molecule is [C-]#[N+]c1cc2nc(-c3ccccc3)c(-c3ccccc3)nc2c2c(-c3ccccc3-c3nc(-c4ccccc4)nc(-c4ccccc4)n3)nc3ccccc3c12. The molecule has 10 rings (SSSR count). The van der Waals surface area contributed by atoms with E-state index in [9.17, 15) is 0 Å². The third kappa shape index (κ3) is 5.70. The molecule has 7 nitrogen and oxygen atoms in total. The number of benzene rings is 7. The fourth-order valence-corrected chi connectivity index (χ4v) is 7.33. The largest absolute Gasteiger partial charge is 0.247 e. The summed E-state index contributed by atoms with van der Waals surface area (Å²) in [4.78, 5) is 35.4. The zero-order valence-electron chi connectivity index (χ0n) is 29.9. The molecule has 0 aliphatic heterocycles. The van der Waals surface area contributed by atoms with Crippen LogP contribution in [-0.2, 0) is 0 Å². The Bertz CT molecular complexity index is 3070. The molecule has 10 aromatic rings. The Labute approximate surface area is 322 Å². The van der Waals surface area contributed by atoms with Gasteiger partial charge in [-0.05, 0) is 17.5 Å². The lowest BCUT2D eigenvalue weighted by atomic mass is 9.94. The van der Waals surface area contributed by atoms with Gasteiger partial charge in [0.15, 0.2) is 23.2 Å². The van der Waals surface area contributed by atoms with Crippen LogP contribution in [0.1, 0.15) is 0 Å². The van der Waals surface area contributed by atoms with Gasteiger partial charge in [0, 0.05) is 44.2 Å². The van der Waals surface area contributed by atoms with Gasteiger partial charge < -0.3 is 0 Å². The van der Waals surface area contributed by atoms with E-state index in [1.807, 2.05) is 164 Å². The van der Waals surface area contributed by atoms with Crippen LogP contribution in [-0.4, -0.2) is 29.9 Å². The van der Waals surface area contributed by atoms with Crippen molar-refractivity contribution in [3.05, 3.63) is 187 Å². The van der Waals surface area contributed by atoms with Gasteiger partial charge in [0.25, 0.3) is 0 Å². The quantitative estimate of drug-likeness (QED) is 0.126. The zero-order valence-corrected chi connectivity index (χ0v) is 29.9. The topological polar surface area (TPSA) is 81.7 Å². The lowest BCUT2D eigenvalue weighted by Gasteiger charge is -2.18. The highest BCUT2D eigenvalue weighted by Gasteiger charge is 2.24. The summed E-state index contributed by atoms with van der Waals surface area (Å²) in [5.41, 5.74) is 9.84. The second kappa shape index (κ2) is 13.8. The number of pyridine rings is 1. The van der Waals surface area contributed by atoms with Crippen molar-refractivity contribution >= 4 is 38.4 Å². The first-order valence-electron chi connectivity index (χ1n) is 18.3. The highest BCUT2D eigenvalue weighted by Crippen LogP contribution is 2.45. The van der Waals surface area contributed by atoms with Crippen LogP contribution in [0.4, 0.5) is 5.69 Å². The summed E-state index contributed by atoms with van der Waals surface area (Å²) in [6, 6.07) is 57.9. The number of para-hydroxylation sites is 1. The van der Waals surface area contributed by atoms with Crippen molar-refractivity contribution in [1.82, 2.24) is 29.9 Å². The van der Waals surface area contributed by atoms with Crippen LogP contribution in [0.5, 0.6) is 0 Å². The third-order valence-corrected chi connectivity index (χ3v) is 9.92. The first-order valence-corrected chi connectivity index (χ1v) is 18.3. The lowest BCUT2D eigenvalue weighted by molar-refractivity contribution is 1.07. The monoisotopic (exact) mass is 715 g/mol. The van der Waals surface area contributed by atoms with Gasteiger partial charge in [-0.2, -0.15) is 0 Å². The number of hydrogen-bond donors (Lipinski definition) is 0. The number of rotatable bonds is 6. The maximum absolute atomic E-state index is 8.46. The van der Waals surface area contributed by atoms with E-state index in [1.54, 1.807) is 0 Å². The Morgan fingerprint density at radius 1 is 0.357 bits per heavy atom. The van der Waals surface area contributed by atoms with Crippen LogP contribution < -0.4 is 0 Å². The summed E-state index contributed by atoms with van der Waals surface area (Å²) in [6.07, 6.45) is 0. The normalized spacial score (nSPS) is 11.2. The molecule has 260 valence electrons. The van der Waals surface area contributed by atoms with E-state index in [4.69, 9.17) is 36.5 Å². The van der Waals surface area contributed by atoms with E-state index in [-0.39, 0.29) is 0 Å². The van der Waals surface area contributed by atoms with E-state index in [2.05, 4.69) is 17.0 Å². The van der Waals surface area contributed by atoms with E-state index in [1.165, 1.54) is 0 Å². The minimum Gasteiger partial charge on any atom is -0.247 e. The van der Waals surface area contributed by atoms with Crippen LogP contribution >= 0.6 is 0 Å². The fourth-order valence-electron chi connectivity index (χ4n) is 7.33. The summed E-state index contributed by atoms with van der Waals surface area (Å²) in [5, 5.41) is 2.38. The summed E-state index contributed by atoms with van der Waals surface area (Å²) in [7, 11) is 0. The number of fused-ring (bicyclic) bond motifs is 5. The van der Waals surface area contributed by atoms with Gasteiger partial charge in [-0.15, -0.1) is 0 Å². The Morgan fingerprint density at radius 3 is 1.41 bits per heavy atom. The highest BCUT2D eigenvalue weighted by molar-refractivity contribution is 6.25. The molecule has 0 radical (unpaired) electrons. The van der Waals surface area contributed by atoms with Gasteiger partial charge in [0.1, 0.15) is 0 Å². The molecule has 56 heavy (non-hydrogen) atoms. The van der Waals surface area contributed by atoms with Crippen LogP contribution in [0.15, 0.2) is 176 Å². The van der Waals surface area contributed by atoms with E-state index >= 15 is 0 Å². The minimum absolute atomic E-state index is 0.475. The van der Waals surface area contributed by atoms with E-state index in [0.29, 0.717) is 39.9 Å². The summed E-state index contributed by atoms with van der Waals surface area (Å²) in [6.45, 7) is 8.46. The molecule has 3 aromatic heterocycles. The molecule has 0 aliphatic carbocycles. The highest BCUT2D eigenvalue weighted by atomic mass is 15.0. The maximum atomic E-state index is 8.46. The Hall–Kier alpha value is -7.95. The average Bonchev–Trinajstić information content (AvgIpc) is 3.29. The van der Waals surface area contributed by atoms with Gasteiger partial charge in [-0.3, -0.25) is 0 Å². The van der Waals surface area contributed by atoms with Crippen molar-refractivity contribution in [2.75, 3.05) is 0 Å². The Morgan fingerprint density at radius 2 is 0.821 bits per heavy atom. The summed E-state index contributed by atoms with van der Waals surface area (Å²) in [5.74, 6) is 1.63. The molecule has 0 bridgehead atoms. The molecule has 0 amide bonds. The van der Waals surface area contributed by atoms with Gasteiger partial charge in [0.2, 0.25) is 0 Å². The molecule has 0 atom stereocenters. The third-order valence-electron chi connectivity index (χ3n) is 9.92. The lowest BCUT2D eigenvalue weighted by Crippen LogP contribution is -2.02. The van der Waals surface area contributed by atoms with Crippen LogP contribution in [0, 0.1) is 6.57 Å². The molecule has 0 fully saturated rings. The molecule has 3 heterocycles. The molecule has 7 aromatic carbocycles. The van der Waals surface area contributed by atoms with Crippen LogP contribution in [0.25, 0.3) is 105 Å². The van der Waals surface area contributed by atoms with Crippen molar-refractivity contribution in [3.8, 4) is 67.9 Å². The molecule has 0 unspecified atom stereocenters. The number of hydrogen-bond acceptors (Lipinski definition) is 6. The van der Waals surface area contributed by atoms with Crippen molar-refractivity contribution in [2.45, 2.75) is 0 Å². The minimum atomic E-state index is 0.475. The molecule has 7 heteroatoms. The molecule has 0 saturated heterocycles. The van der Waals surface area contributed by atoms with Crippen LogP contribution in [0.3, 0.4) is 0 Å². The van der Waals surface area contributed by atoms with Gasteiger partial charge in [-0.25, -0.2) is 34.7 Å². The average molecular weight is 716 g/mol. The molecule has 0 saturated carbocycles. The summed E-state index contributed by atoms with van der Waals surface area (Å²) < 4.78 is 0. The Balaban J connectivity index is 1.32. The maximum Gasteiger partial charge on any atom is 0.197 e. The Kier molecular flexibility index (Phi) is 8.05. The smallest absolute Gasteiger partial charge is 0.197 e. The van der Waals surface area contributed by atoms with Crippen LogP contribution in [0.2, 0.25) is 0 Å². The van der Waals surface area contributed by atoms with E-state index < -0.39 is 0 Å². The van der Waals surface area contributed by atoms with E-state index in [0.717, 1.165) is 66.4 Å².